The van der Waals surface area contributed by atoms with Crippen LogP contribution in [-0.4, -0.2) is 33.1 Å². The molecule has 4 aliphatic rings. The van der Waals surface area contributed by atoms with Gasteiger partial charge in [-0.05, 0) is 61.0 Å². The van der Waals surface area contributed by atoms with Gasteiger partial charge >= 0.3 is 5.97 Å². The first-order chi connectivity index (χ1) is 13.1. The van der Waals surface area contributed by atoms with Crippen LogP contribution < -0.4 is 0 Å². The van der Waals surface area contributed by atoms with Crippen LogP contribution in [0.15, 0.2) is 16.7 Å². The predicted octanol–water partition coefficient (Wildman–Crippen LogP) is 3.91. The lowest BCUT2D eigenvalue weighted by atomic mass is 9.41. The van der Waals surface area contributed by atoms with Gasteiger partial charge in [0.05, 0.1) is 25.4 Å². The topological polar surface area (TPSA) is 57.9 Å². The maximum absolute atomic E-state index is 13.0. The third-order valence-electron chi connectivity index (χ3n) is 8.60. The van der Waals surface area contributed by atoms with Crippen LogP contribution in [0.25, 0.3) is 0 Å². The summed E-state index contributed by atoms with van der Waals surface area (Å²) in [6.07, 6.45) is 7.65. The van der Waals surface area contributed by atoms with E-state index in [4.69, 9.17) is 18.6 Å². The fourth-order valence-corrected chi connectivity index (χ4v) is 7.62. The van der Waals surface area contributed by atoms with Crippen molar-refractivity contribution in [3.63, 3.8) is 0 Å². The number of hydrogen-bond acceptors (Lipinski definition) is 5. The van der Waals surface area contributed by atoms with Crippen LogP contribution in [0.3, 0.4) is 0 Å². The second kappa shape index (κ2) is 6.08. The highest BCUT2D eigenvalue weighted by molar-refractivity contribution is 5.78. The summed E-state index contributed by atoms with van der Waals surface area (Å²) in [7, 11) is 3.27. The van der Waals surface area contributed by atoms with Crippen LogP contribution in [0.2, 0.25) is 0 Å². The molecule has 0 amide bonds. The van der Waals surface area contributed by atoms with Crippen molar-refractivity contribution in [3.05, 3.63) is 23.7 Å². The van der Waals surface area contributed by atoms with E-state index < -0.39 is 5.41 Å². The van der Waals surface area contributed by atoms with E-state index in [1.54, 1.807) is 7.11 Å². The fraction of sp³-hybridized carbons (Fsp3) is 0.773. The van der Waals surface area contributed by atoms with Gasteiger partial charge in [-0.2, -0.15) is 0 Å². The number of carbonyl (C=O) groups excluding carboxylic acids is 1. The van der Waals surface area contributed by atoms with E-state index in [2.05, 4.69) is 13.0 Å². The lowest BCUT2D eigenvalue weighted by molar-refractivity contribution is -0.326. The van der Waals surface area contributed by atoms with Crippen molar-refractivity contribution in [2.24, 2.45) is 28.6 Å². The lowest BCUT2D eigenvalue weighted by Crippen LogP contribution is -2.68. The molecule has 2 heterocycles. The second-order valence-electron chi connectivity index (χ2n) is 9.18. The Bertz CT molecular complexity index is 741. The molecule has 1 aliphatic heterocycles. The molecule has 5 nitrogen and oxygen atoms in total. The zero-order valence-electron chi connectivity index (χ0n) is 16.5. The van der Waals surface area contributed by atoms with Crippen LogP contribution in [-0.2, 0) is 25.4 Å². The quantitative estimate of drug-likeness (QED) is 0.735. The van der Waals surface area contributed by atoms with E-state index in [0.29, 0.717) is 24.4 Å². The van der Waals surface area contributed by atoms with Crippen molar-refractivity contribution in [3.8, 4) is 0 Å². The van der Waals surface area contributed by atoms with Gasteiger partial charge in [0.2, 0.25) is 0 Å². The van der Waals surface area contributed by atoms with E-state index >= 15 is 0 Å². The van der Waals surface area contributed by atoms with Crippen molar-refractivity contribution >= 4 is 5.97 Å². The van der Waals surface area contributed by atoms with Crippen molar-refractivity contribution < 1.29 is 23.4 Å². The Labute approximate surface area is 160 Å². The number of ether oxygens (including phenoxy) is 3. The van der Waals surface area contributed by atoms with E-state index in [0.717, 1.165) is 44.3 Å². The Morgan fingerprint density at radius 1 is 1.26 bits per heavy atom. The number of rotatable bonds is 2. The van der Waals surface area contributed by atoms with E-state index in [1.165, 1.54) is 12.7 Å². The summed E-state index contributed by atoms with van der Waals surface area (Å²) in [5, 5.41) is 0. The third kappa shape index (κ3) is 2.10. The number of hydrogen-bond donors (Lipinski definition) is 0. The lowest BCUT2D eigenvalue weighted by Gasteiger charge is -2.66. The molecule has 148 valence electrons. The Balaban J connectivity index is 1.64. The molecule has 5 heteroatoms. The normalized spacial score (nSPS) is 45.4. The van der Waals surface area contributed by atoms with Crippen LogP contribution in [0.1, 0.15) is 56.3 Å². The molecule has 27 heavy (non-hydrogen) atoms. The SMILES string of the molecule is COC(=O)[C@@]12CCC[C@@]3([C@@H](OC)OC1)[C@H]1Cc4occc4[C@H](C)[C@@H]1CC[C@@H]23. The number of furan rings is 1. The fourth-order valence-electron chi connectivity index (χ4n) is 7.62. The molecule has 0 N–H and O–H groups in total. The van der Waals surface area contributed by atoms with E-state index in [1.807, 2.05) is 6.26 Å². The number of carbonyl (C=O) groups is 1. The molecule has 1 saturated heterocycles. The molecule has 3 fully saturated rings. The van der Waals surface area contributed by atoms with Crippen LogP contribution in [0.5, 0.6) is 0 Å². The molecular weight excluding hydrogens is 344 g/mol. The minimum Gasteiger partial charge on any atom is -0.469 e. The monoisotopic (exact) mass is 374 g/mol. The van der Waals surface area contributed by atoms with Gasteiger partial charge < -0.3 is 18.6 Å². The van der Waals surface area contributed by atoms with Gasteiger partial charge in [-0.3, -0.25) is 4.79 Å². The molecule has 0 aromatic carbocycles. The van der Waals surface area contributed by atoms with Crippen LogP contribution in [0.4, 0.5) is 0 Å². The average Bonchev–Trinajstić information content (AvgIpc) is 3.16. The second-order valence-corrected chi connectivity index (χ2v) is 9.18. The maximum Gasteiger partial charge on any atom is 0.314 e. The summed E-state index contributed by atoms with van der Waals surface area (Å²) < 4.78 is 23.4. The summed E-state index contributed by atoms with van der Waals surface area (Å²) >= 11 is 0. The molecule has 0 unspecified atom stereocenters. The van der Waals surface area contributed by atoms with Gasteiger partial charge in [0.1, 0.15) is 5.76 Å². The summed E-state index contributed by atoms with van der Waals surface area (Å²) in [4.78, 5) is 13.0. The molecule has 0 spiro atoms. The highest BCUT2D eigenvalue weighted by Crippen LogP contribution is 2.69. The number of esters is 1. The van der Waals surface area contributed by atoms with Gasteiger partial charge in [0, 0.05) is 18.9 Å². The highest BCUT2D eigenvalue weighted by atomic mass is 16.7. The molecule has 2 saturated carbocycles. The van der Waals surface area contributed by atoms with Crippen molar-refractivity contribution in [2.75, 3.05) is 20.8 Å². The zero-order chi connectivity index (χ0) is 18.8. The molecule has 5 rings (SSSR count). The van der Waals surface area contributed by atoms with Crippen molar-refractivity contribution in [1.29, 1.82) is 0 Å². The molecule has 2 bridgehead atoms. The minimum atomic E-state index is -0.514. The largest absolute Gasteiger partial charge is 0.469 e. The smallest absolute Gasteiger partial charge is 0.314 e. The first-order valence-corrected chi connectivity index (χ1v) is 10.4. The summed E-state index contributed by atoms with van der Waals surface area (Å²) in [6.45, 7) is 2.76. The summed E-state index contributed by atoms with van der Waals surface area (Å²) in [5.74, 6) is 2.76. The Hall–Kier alpha value is -1.33. The Kier molecular flexibility index (Phi) is 4.00. The van der Waals surface area contributed by atoms with Crippen molar-refractivity contribution in [1.82, 2.24) is 0 Å². The summed E-state index contributed by atoms with van der Waals surface area (Å²) in [5.41, 5.74) is 0.715. The first kappa shape index (κ1) is 17.7. The van der Waals surface area contributed by atoms with Crippen LogP contribution >= 0.6 is 0 Å². The minimum absolute atomic E-state index is 0.0906. The molecule has 7 atom stereocenters. The Morgan fingerprint density at radius 3 is 2.89 bits per heavy atom. The molecule has 1 aromatic rings. The highest BCUT2D eigenvalue weighted by Gasteiger charge is 2.70. The van der Waals surface area contributed by atoms with Crippen molar-refractivity contribution in [2.45, 2.75) is 57.7 Å². The third-order valence-corrected chi connectivity index (χ3v) is 8.60. The van der Waals surface area contributed by atoms with E-state index in [-0.39, 0.29) is 23.6 Å². The average molecular weight is 374 g/mol. The predicted molar refractivity (Wildman–Crippen MR) is 98.0 cm³/mol. The zero-order valence-corrected chi connectivity index (χ0v) is 16.5. The van der Waals surface area contributed by atoms with Gasteiger partial charge in [-0.1, -0.05) is 13.3 Å². The van der Waals surface area contributed by atoms with Gasteiger partial charge in [0.25, 0.3) is 0 Å². The molecular formula is C22H30O5. The van der Waals surface area contributed by atoms with Gasteiger partial charge in [0.15, 0.2) is 6.29 Å². The Morgan fingerprint density at radius 2 is 2.11 bits per heavy atom. The molecule has 1 aromatic heterocycles. The number of methoxy groups -OCH3 is 2. The standard InChI is InChI=1S/C22H30O5/c1-13-14-5-6-18-21(19(23)24-2)8-4-9-22(18,20(25-3)27-12-21)16(14)11-17-15(13)7-10-26-17/h7,10,13-14,16,18,20H,4-6,8-9,11-12H2,1-3H3/t13-,14+,16+,18+,20+,21+,22-/m1/s1. The van der Waals surface area contributed by atoms with Gasteiger partial charge in [-0.25, -0.2) is 0 Å². The molecule has 3 aliphatic carbocycles. The first-order valence-electron chi connectivity index (χ1n) is 10.4. The molecule has 0 radical (unpaired) electrons. The van der Waals surface area contributed by atoms with Gasteiger partial charge in [-0.15, -0.1) is 0 Å². The van der Waals surface area contributed by atoms with E-state index in [9.17, 15) is 4.79 Å². The number of fused-ring (bicyclic) bond motifs is 2. The maximum atomic E-state index is 13.0. The summed E-state index contributed by atoms with van der Waals surface area (Å²) in [6, 6.07) is 2.14. The van der Waals surface area contributed by atoms with Crippen LogP contribution in [0, 0.1) is 28.6 Å².